The van der Waals surface area contributed by atoms with Gasteiger partial charge in [-0.15, -0.1) is 0 Å². The number of carbonyl (C=O) groups excluding carboxylic acids is 1. The second kappa shape index (κ2) is 5.96. The van der Waals surface area contributed by atoms with Gasteiger partial charge in [0.1, 0.15) is 5.75 Å². The van der Waals surface area contributed by atoms with E-state index in [1.54, 1.807) is 18.5 Å². The van der Waals surface area contributed by atoms with Crippen molar-refractivity contribution in [1.82, 2.24) is 10.3 Å². The van der Waals surface area contributed by atoms with Gasteiger partial charge in [0.05, 0.1) is 12.3 Å². The lowest BCUT2D eigenvalue weighted by Crippen LogP contribution is -2.31. The molecule has 98 valence electrons. The third-order valence-corrected chi connectivity index (χ3v) is 3.08. The molecule has 4 heteroatoms. The molecule has 0 amide bonds. The number of Topliss-reactive ketones (excluding diaryl/α,β-unsaturated/α-hetero) is 1. The first-order valence-corrected chi connectivity index (χ1v) is 6.53. The maximum absolute atomic E-state index is 12.3. The lowest BCUT2D eigenvalue weighted by atomic mass is 9.90. The molecule has 4 nitrogen and oxygen atoms in total. The van der Waals surface area contributed by atoms with E-state index in [4.69, 9.17) is 4.74 Å². The van der Waals surface area contributed by atoms with Gasteiger partial charge < -0.3 is 10.1 Å². The number of pyridine rings is 1. The lowest BCUT2D eigenvalue weighted by Gasteiger charge is -2.21. The third-order valence-electron chi connectivity index (χ3n) is 3.08. The molecule has 1 fully saturated rings. The van der Waals surface area contributed by atoms with Gasteiger partial charge in [0.25, 0.3) is 0 Å². The smallest absolute Gasteiger partial charge is 0.167 e. The molecular weight excluding hydrogens is 228 g/mol. The van der Waals surface area contributed by atoms with Gasteiger partial charge >= 0.3 is 0 Å². The molecule has 1 aromatic rings. The Morgan fingerprint density at radius 3 is 2.78 bits per heavy atom. The second-order valence-electron chi connectivity index (χ2n) is 4.96. The molecule has 0 radical (unpaired) electrons. The van der Waals surface area contributed by atoms with E-state index in [0.717, 1.165) is 25.9 Å². The molecular formula is C14H20N2O2. The number of nitrogens with one attached hydrogen (secondary N) is 1. The van der Waals surface area contributed by atoms with Crippen molar-refractivity contribution in [2.24, 2.45) is 5.92 Å². The fraction of sp³-hybridized carbons (Fsp3) is 0.571. The molecule has 0 spiro atoms. The molecule has 1 saturated heterocycles. The van der Waals surface area contributed by atoms with E-state index in [1.165, 1.54) is 0 Å². The summed E-state index contributed by atoms with van der Waals surface area (Å²) < 4.78 is 5.57. The van der Waals surface area contributed by atoms with Gasteiger partial charge in [-0.2, -0.15) is 0 Å². The molecule has 1 aliphatic rings. The van der Waals surface area contributed by atoms with E-state index >= 15 is 0 Å². The van der Waals surface area contributed by atoms with Gasteiger partial charge in [-0.05, 0) is 45.8 Å². The quantitative estimate of drug-likeness (QED) is 0.829. The minimum atomic E-state index is 0.0935. The van der Waals surface area contributed by atoms with Crippen molar-refractivity contribution in [3.05, 3.63) is 24.0 Å². The van der Waals surface area contributed by atoms with Gasteiger partial charge in [-0.1, -0.05) is 0 Å². The first-order chi connectivity index (χ1) is 8.66. The largest absolute Gasteiger partial charge is 0.489 e. The van der Waals surface area contributed by atoms with Crippen LogP contribution in [0, 0.1) is 5.92 Å². The summed E-state index contributed by atoms with van der Waals surface area (Å²) in [6.45, 7) is 5.76. The highest BCUT2D eigenvalue weighted by molar-refractivity contribution is 5.97. The molecule has 2 rings (SSSR count). The van der Waals surface area contributed by atoms with Crippen LogP contribution < -0.4 is 10.1 Å². The van der Waals surface area contributed by atoms with Crippen molar-refractivity contribution in [1.29, 1.82) is 0 Å². The van der Waals surface area contributed by atoms with Crippen molar-refractivity contribution in [3.8, 4) is 5.75 Å². The predicted molar refractivity (Wildman–Crippen MR) is 69.9 cm³/mol. The Bertz CT molecular complexity index is 412. The maximum atomic E-state index is 12.3. The molecule has 0 unspecified atom stereocenters. The average molecular weight is 248 g/mol. The molecule has 0 aromatic carbocycles. The van der Waals surface area contributed by atoms with Crippen LogP contribution >= 0.6 is 0 Å². The summed E-state index contributed by atoms with van der Waals surface area (Å²) in [4.78, 5) is 16.4. The minimum Gasteiger partial charge on any atom is -0.489 e. The van der Waals surface area contributed by atoms with Crippen LogP contribution in [0.15, 0.2) is 18.5 Å². The van der Waals surface area contributed by atoms with Gasteiger partial charge in [0.2, 0.25) is 0 Å². The Morgan fingerprint density at radius 1 is 1.39 bits per heavy atom. The van der Waals surface area contributed by atoms with Crippen LogP contribution in [0.25, 0.3) is 0 Å². The van der Waals surface area contributed by atoms with Crippen LogP contribution in [0.5, 0.6) is 5.75 Å². The number of ketones is 1. The Labute approximate surface area is 108 Å². The zero-order chi connectivity index (χ0) is 13.0. The molecule has 1 aliphatic heterocycles. The molecule has 1 aromatic heterocycles. The van der Waals surface area contributed by atoms with E-state index in [1.807, 2.05) is 13.8 Å². The van der Waals surface area contributed by atoms with Crippen LogP contribution in [0.3, 0.4) is 0 Å². The zero-order valence-corrected chi connectivity index (χ0v) is 11.0. The van der Waals surface area contributed by atoms with E-state index in [-0.39, 0.29) is 17.8 Å². The topological polar surface area (TPSA) is 51.2 Å². The zero-order valence-electron chi connectivity index (χ0n) is 11.0. The third kappa shape index (κ3) is 3.29. The van der Waals surface area contributed by atoms with Crippen molar-refractivity contribution in [2.75, 3.05) is 13.1 Å². The molecule has 2 heterocycles. The summed E-state index contributed by atoms with van der Waals surface area (Å²) in [6, 6.07) is 1.80. The van der Waals surface area contributed by atoms with Crippen LogP contribution in [0.4, 0.5) is 0 Å². The molecule has 0 aliphatic carbocycles. The van der Waals surface area contributed by atoms with Crippen molar-refractivity contribution < 1.29 is 9.53 Å². The fourth-order valence-electron chi connectivity index (χ4n) is 2.21. The first-order valence-electron chi connectivity index (χ1n) is 6.53. The maximum Gasteiger partial charge on any atom is 0.167 e. The second-order valence-corrected chi connectivity index (χ2v) is 4.96. The van der Waals surface area contributed by atoms with Gasteiger partial charge in [0, 0.05) is 17.7 Å². The van der Waals surface area contributed by atoms with E-state index in [0.29, 0.717) is 11.3 Å². The number of aromatic nitrogens is 1. The molecule has 18 heavy (non-hydrogen) atoms. The van der Waals surface area contributed by atoms with Gasteiger partial charge in [0.15, 0.2) is 5.78 Å². The number of ether oxygens (including phenoxy) is 1. The van der Waals surface area contributed by atoms with Crippen LogP contribution in [-0.2, 0) is 0 Å². The normalized spacial score (nSPS) is 16.8. The number of carbonyl (C=O) groups is 1. The van der Waals surface area contributed by atoms with Crippen LogP contribution in [0.2, 0.25) is 0 Å². The Morgan fingerprint density at radius 2 is 2.11 bits per heavy atom. The highest BCUT2D eigenvalue weighted by atomic mass is 16.5. The van der Waals surface area contributed by atoms with Gasteiger partial charge in [-0.25, -0.2) is 0 Å². The number of nitrogens with zero attached hydrogens (tertiary/aromatic N) is 1. The van der Waals surface area contributed by atoms with E-state index in [2.05, 4.69) is 10.3 Å². The number of rotatable bonds is 4. The lowest BCUT2D eigenvalue weighted by molar-refractivity contribution is 0.0894. The number of hydrogen-bond acceptors (Lipinski definition) is 4. The monoisotopic (exact) mass is 248 g/mol. The highest BCUT2D eigenvalue weighted by Crippen LogP contribution is 2.20. The van der Waals surface area contributed by atoms with Crippen molar-refractivity contribution in [2.45, 2.75) is 32.8 Å². The minimum absolute atomic E-state index is 0.0935. The highest BCUT2D eigenvalue weighted by Gasteiger charge is 2.22. The Hall–Kier alpha value is -1.42. The molecule has 0 atom stereocenters. The van der Waals surface area contributed by atoms with Crippen molar-refractivity contribution in [3.63, 3.8) is 0 Å². The molecule has 1 N–H and O–H groups in total. The van der Waals surface area contributed by atoms with Crippen LogP contribution in [0.1, 0.15) is 37.0 Å². The summed E-state index contributed by atoms with van der Waals surface area (Å²) in [7, 11) is 0. The standard InChI is InChI=1S/C14H20N2O2/c1-10(2)18-13-7-12(8-16-9-13)14(17)11-3-5-15-6-4-11/h7-11,15H,3-6H2,1-2H3. The van der Waals surface area contributed by atoms with Crippen LogP contribution in [-0.4, -0.2) is 30.0 Å². The SMILES string of the molecule is CC(C)Oc1cncc(C(=O)C2CCNCC2)c1. The molecule has 0 bridgehead atoms. The van der Waals surface area contributed by atoms with Gasteiger partial charge in [-0.3, -0.25) is 9.78 Å². The fourth-order valence-corrected chi connectivity index (χ4v) is 2.21. The Kier molecular flexibility index (Phi) is 4.31. The summed E-state index contributed by atoms with van der Waals surface area (Å²) in [6.07, 6.45) is 5.20. The average Bonchev–Trinajstić information content (AvgIpc) is 2.38. The number of hydrogen-bond donors (Lipinski definition) is 1. The first kappa shape index (κ1) is 13.0. The molecule has 0 saturated carbocycles. The summed E-state index contributed by atoms with van der Waals surface area (Å²) >= 11 is 0. The Balaban J connectivity index is 2.09. The van der Waals surface area contributed by atoms with E-state index in [9.17, 15) is 4.79 Å². The summed E-state index contributed by atoms with van der Waals surface area (Å²) in [5, 5.41) is 3.27. The predicted octanol–water partition coefficient (Wildman–Crippen LogP) is 2.05. The summed E-state index contributed by atoms with van der Waals surface area (Å²) in [5.41, 5.74) is 0.667. The van der Waals surface area contributed by atoms with E-state index < -0.39 is 0 Å². The summed E-state index contributed by atoms with van der Waals surface area (Å²) in [5.74, 6) is 0.991. The number of piperidine rings is 1. The van der Waals surface area contributed by atoms with Crippen molar-refractivity contribution >= 4 is 5.78 Å².